The second-order valence-corrected chi connectivity index (χ2v) is 7.33. The van der Waals surface area contributed by atoms with Crippen molar-refractivity contribution >= 4 is 5.78 Å². The largest absolute Gasteiger partial charge is 0.497 e. The van der Waals surface area contributed by atoms with Crippen LogP contribution in [0.15, 0.2) is 12.1 Å². The van der Waals surface area contributed by atoms with E-state index in [1.807, 2.05) is 6.07 Å². The van der Waals surface area contributed by atoms with Gasteiger partial charge in [0.25, 0.3) is 0 Å². The van der Waals surface area contributed by atoms with E-state index in [4.69, 9.17) is 4.74 Å². The molecule has 2 bridgehead atoms. The Hall–Kier alpha value is -1.38. The lowest BCUT2D eigenvalue weighted by Gasteiger charge is -2.41. The summed E-state index contributed by atoms with van der Waals surface area (Å²) in [6.07, 6.45) is 5.24. The number of hydrogen-bond donors (Lipinski definition) is 0. The van der Waals surface area contributed by atoms with E-state index >= 15 is 0 Å². The highest BCUT2D eigenvalue weighted by Crippen LogP contribution is 2.49. The van der Waals surface area contributed by atoms with E-state index in [2.05, 4.69) is 13.8 Å². The van der Waals surface area contributed by atoms with Crippen LogP contribution in [0.25, 0.3) is 0 Å². The highest BCUT2D eigenvalue weighted by Gasteiger charge is 2.49. The fraction of sp³-hybridized carbons (Fsp3) is 0.632. The Morgan fingerprint density at radius 1 is 1.36 bits per heavy atom. The average Bonchev–Trinajstić information content (AvgIpc) is 2.56. The summed E-state index contributed by atoms with van der Waals surface area (Å²) in [6.45, 7) is 4.29. The number of hydrogen-bond acceptors (Lipinski definition) is 2. The van der Waals surface area contributed by atoms with Crippen LogP contribution < -0.4 is 4.74 Å². The Kier molecular flexibility index (Phi) is 4.00. The molecule has 0 heterocycles. The van der Waals surface area contributed by atoms with E-state index < -0.39 is 5.41 Å². The van der Waals surface area contributed by atoms with Gasteiger partial charge in [-0.15, -0.1) is 0 Å². The van der Waals surface area contributed by atoms with Gasteiger partial charge < -0.3 is 4.74 Å². The number of carbonyl (C=O) groups excluding carboxylic acids is 1. The van der Waals surface area contributed by atoms with E-state index in [9.17, 15) is 9.18 Å². The van der Waals surface area contributed by atoms with Crippen LogP contribution in [0, 0.1) is 17.7 Å². The molecule has 0 radical (unpaired) electrons. The molecule has 1 fully saturated rings. The maximum atomic E-state index is 14.6. The normalized spacial score (nSPS) is 27.5. The SMILES string of the molecule is COc1cc(F)c2c(c1)C1(CC(C)C)CCCCC(C2)C1=O. The van der Waals surface area contributed by atoms with Gasteiger partial charge in [0.05, 0.1) is 12.5 Å². The van der Waals surface area contributed by atoms with Gasteiger partial charge in [-0.2, -0.15) is 0 Å². The molecule has 120 valence electrons. The fourth-order valence-corrected chi connectivity index (χ4v) is 4.54. The lowest BCUT2D eigenvalue weighted by molar-refractivity contribution is -0.130. The summed E-state index contributed by atoms with van der Waals surface area (Å²) in [5.74, 6) is 1.06. The minimum absolute atomic E-state index is 0.00311. The van der Waals surface area contributed by atoms with E-state index in [0.29, 0.717) is 23.9 Å². The van der Waals surface area contributed by atoms with E-state index in [-0.39, 0.29) is 11.7 Å². The number of halogens is 1. The Bertz CT molecular complexity index is 593. The molecule has 2 aliphatic carbocycles. The van der Waals surface area contributed by atoms with Gasteiger partial charge in [-0.25, -0.2) is 4.39 Å². The van der Waals surface area contributed by atoms with Crippen molar-refractivity contribution in [1.29, 1.82) is 0 Å². The maximum Gasteiger partial charge on any atom is 0.146 e. The molecule has 0 N–H and O–H groups in total. The van der Waals surface area contributed by atoms with Crippen molar-refractivity contribution in [3.05, 3.63) is 29.1 Å². The summed E-state index contributed by atoms with van der Waals surface area (Å²) in [6, 6.07) is 3.38. The number of carbonyl (C=O) groups is 1. The topological polar surface area (TPSA) is 26.3 Å². The zero-order valence-electron chi connectivity index (χ0n) is 13.7. The van der Waals surface area contributed by atoms with Crippen LogP contribution in [-0.4, -0.2) is 12.9 Å². The number of Topliss-reactive ketones (excluding diaryl/α,β-unsaturated/α-hetero) is 1. The lowest BCUT2D eigenvalue weighted by Crippen LogP contribution is -2.45. The molecule has 3 rings (SSSR count). The molecule has 0 aromatic heterocycles. The molecule has 22 heavy (non-hydrogen) atoms. The van der Waals surface area contributed by atoms with Crippen LogP contribution >= 0.6 is 0 Å². The summed E-state index contributed by atoms with van der Waals surface area (Å²) in [7, 11) is 1.55. The third-order valence-corrected chi connectivity index (χ3v) is 5.38. The maximum absolute atomic E-state index is 14.6. The molecule has 2 aliphatic rings. The number of benzene rings is 1. The van der Waals surface area contributed by atoms with Crippen molar-refractivity contribution in [2.75, 3.05) is 7.11 Å². The Balaban J connectivity index is 2.23. The summed E-state index contributed by atoms with van der Waals surface area (Å²) in [5.41, 5.74) is 1.16. The number of fused-ring (bicyclic) bond motifs is 4. The molecule has 0 amide bonds. The first-order valence-electron chi connectivity index (χ1n) is 8.39. The highest BCUT2D eigenvalue weighted by atomic mass is 19.1. The Labute approximate surface area is 132 Å². The molecule has 0 aliphatic heterocycles. The predicted octanol–water partition coefficient (Wildman–Crippen LogP) is 4.43. The first-order valence-corrected chi connectivity index (χ1v) is 8.39. The lowest BCUT2D eigenvalue weighted by atomic mass is 9.61. The average molecular weight is 304 g/mol. The standard InChI is InChI=1S/C19H25FO2/c1-12(2)11-19-7-5-4-6-13(18(19)21)8-15-16(19)9-14(22-3)10-17(15)20/h9-10,12-13H,4-8,11H2,1-3H3. The van der Waals surface area contributed by atoms with Gasteiger partial charge in [0, 0.05) is 12.0 Å². The molecule has 1 saturated carbocycles. The van der Waals surface area contributed by atoms with Gasteiger partial charge in [0.2, 0.25) is 0 Å². The van der Waals surface area contributed by atoms with Crippen molar-refractivity contribution in [3.8, 4) is 5.75 Å². The molecule has 3 heteroatoms. The second kappa shape index (κ2) is 5.68. The molecular formula is C19H25FO2. The molecule has 0 saturated heterocycles. The van der Waals surface area contributed by atoms with Gasteiger partial charge in [-0.3, -0.25) is 4.79 Å². The summed E-state index contributed by atoms with van der Waals surface area (Å²) in [4.78, 5) is 13.2. The molecule has 0 spiro atoms. The highest BCUT2D eigenvalue weighted by molar-refractivity contribution is 5.94. The van der Waals surface area contributed by atoms with Crippen molar-refractivity contribution in [3.63, 3.8) is 0 Å². The summed E-state index contributed by atoms with van der Waals surface area (Å²) >= 11 is 0. The summed E-state index contributed by atoms with van der Waals surface area (Å²) in [5, 5.41) is 0. The van der Waals surface area contributed by atoms with Crippen LogP contribution in [0.3, 0.4) is 0 Å². The van der Waals surface area contributed by atoms with Gasteiger partial charge in [0.15, 0.2) is 0 Å². The van der Waals surface area contributed by atoms with Crippen molar-refractivity contribution in [2.24, 2.45) is 11.8 Å². The van der Waals surface area contributed by atoms with E-state index in [1.165, 1.54) is 6.07 Å². The molecular weight excluding hydrogens is 279 g/mol. The van der Waals surface area contributed by atoms with Gasteiger partial charge in [-0.05, 0) is 48.8 Å². The third kappa shape index (κ3) is 2.35. The van der Waals surface area contributed by atoms with Crippen LogP contribution in [-0.2, 0) is 16.6 Å². The third-order valence-electron chi connectivity index (χ3n) is 5.38. The molecule has 2 unspecified atom stereocenters. The van der Waals surface area contributed by atoms with Crippen molar-refractivity contribution < 1.29 is 13.9 Å². The van der Waals surface area contributed by atoms with Crippen LogP contribution in [0.1, 0.15) is 57.1 Å². The van der Waals surface area contributed by atoms with Gasteiger partial charge >= 0.3 is 0 Å². The van der Waals surface area contributed by atoms with Crippen LogP contribution in [0.2, 0.25) is 0 Å². The van der Waals surface area contributed by atoms with Gasteiger partial charge in [0.1, 0.15) is 17.3 Å². The van der Waals surface area contributed by atoms with Crippen LogP contribution in [0.5, 0.6) is 5.75 Å². The molecule has 1 aromatic rings. The van der Waals surface area contributed by atoms with E-state index in [1.54, 1.807) is 7.11 Å². The minimum Gasteiger partial charge on any atom is -0.497 e. The second-order valence-electron chi connectivity index (χ2n) is 7.33. The van der Waals surface area contributed by atoms with Crippen molar-refractivity contribution in [2.45, 2.75) is 57.8 Å². The zero-order chi connectivity index (χ0) is 15.9. The van der Waals surface area contributed by atoms with Gasteiger partial charge in [-0.1, -0.05) is 26.7 Å². The number of rotatable bonds is 3. The smallest absolute Gasteiger partial charge is 0.146 e. The Morgan fingerprint density at radius 3 is 2.82 bits per heavy atom. The van der Waals surface area contributed by atoms with Crippen LogP contribution in [0.4, 0.5) is 4.39 Å². The number of ether oxygens (including phenoxy) is 1. The first kappa shape index (κ1) is 15.5. The quantitative estimate of drug-likeness (QED) is 0.825. The molecule has 2 nitrogen and oxygen atoms in total. The number of ketones is 1. The molecule has 1 aromatic carbocycles. The zero-order valence-corrected chi connectivity index (χ0v) is 13.7. The molecule has 2 atom stereocenters. The predicted molar refractivity (Wildman–Crippen MR) is 84.8 cm³/mol. The fourth-order valence-electron chi connectivity index (χ4n) is 4.54. The van der Waals surface area contributed by atoms with Crippen molar-refractivity contribution in [1.82, 2.24) is 0 Å². The monoisotopic (exact) mass is 304 g/mol. The number of methoxy groups -OCH3 is 1. The Morgan fingerprint density at radius 2 is 2.14 bits per heavy atom. The van der Waals surface area contributed by atoms with E-state index in [0.717, 1.165) is 43.2 Å². The first-order chi connectivity index (χ1) is 10.5. The minimum atomic E-state index is -0.502. The summed E-state index contributed by atoms with van der Waals surface area (Å²) < 4.78 is 19.9.